The second-order valence-electron chi connectivity index (χ2n) is 4.21. The van der Waals surface area contributed by atoms with Crippen LogP contribution in [0.2, 0.25) is 0 Å². The summed E-state index contributed by atoms with van der Waals surface area (Å²) in [5.41, 5.74) is 6.77. The molecule has 0 aromatic heterocycles. The third-order valence-electron chi connectivity index (χ3n) is 2.85. The molecule has 0 aliphatic rings. The van der Waals surface area contributed by atoms with Crippen LogP contribution in [-0.4, -0.2) is 5.11 Å². The summed E-state index contributed by atoms with van der Waals surface area (Å²) in [7, 11) is 0. The van der Waals surface area contributed by atoms with Gasteiger partial charge in [0.2, 0.25) is 0 Å². The lowest BCUT2D eigenvalue weighted by Gasteiger charge is -2.14. The van der Waals surface area contributed by atoms with Gasteiger partial charge >= 0.3 is 0 Å². The molecule has 100 valence electrons. The first kappa shape index (κ1) is 14.0. The summed E-state index contributed by atoms with van der Waals surface area (Å²) in [5.74, 6) is -1.86. The Hall–Kier alpha value is -1.46. The molecule has 3 N–H and O–H groups in total. The van der Waals surface area contributed by atoms with E-state index < -0.39 is 17.7 Å². The molecule has 0 aliphatic carbocycles. The maximum atomic E-state index is 13.5. The van der Waals surface area contributed by atoms with E-state index in [1.54, 1.807) is 18.2 Å². The van der Waals surface area contributed by atoms with E-state index in [0.717, 1.165) is 10.5 Å². The molecule has 0 saturated heterocycles. The van der Waals surface area contributed by atoms with Crippen LogP contribution in [0.15, 0.2) is 40.9 Å². The lowest BCUT2D eigenvalue weighted by atomic mass is 9.99. The molecule has 2 aromatic carbocycles. The molecule has 0 aliphatic heterocycles. The Morgan fingerprint density at radius 3 is 2.68 bits per heavy atom. The Balaban J connectivity index is 2.28. The van der Waals surface area contributed by atoms with Crippen molar-refractivity contribution in [3.63, 3.8) is 0 Å². The van der Waals surface area contributed by atoms with E-state index in [1.165, 1.54) is 12.1 Å². The van der Waals surface area contributed by atoms with Crippen molar-refractivity contribution in [3.8, 4) is 0 Å². The molecule has 0 fully saturated rings. The van der Waals surface area contributed by atoms with E-state index in [2.05, 4.69) is 15.9 Å². The molecule has 2 rings (SSSR count). The Kier molecular flexibility index (Phi) is 4.17. The maximum Gasteiger partial charge on any atom is 0.162 e. The zero-order valence-corrected chi connectivity index (χ0v) is 11.5. The fourth-order valence-electron chi connectivity index (χ4n) is 1.86. The van der Waals surface area contributed by atoms with Crippen LogP contribution in [0.1, 0.15) is 17.2 Å². The predicted molar refractivity (Wildman–Crippen MR) is 73.6 cm³/mol. The van der Waals surface area contributed by atoms with E-state index in [1.807, 2.05) is 0 Å². The highest BCUT2D eigenvalue weighted by molar-refractivity contribution is 9.10. The topological polar surface area (TPSA) is 46.2 Å². The normalized spacial score (nSPS) is 12.4. The molecular formula is C14H12BrF2NO. The highest BCUT2D eigenvalue weighted by atomic mass is 79.9. The number of halogens is 3. The van der Waals surface area contributed by atoms with Gasteiger partial charge in [-0.25, -0.2) is 8.78 Å². The first-order valence-electron chi connectivity index (χ1n) is 5.65. The summed E-state index contributed by atoms with van der Waals surface area (Å²) < 4.78 is 27.4. The van der Waals surface area contributed by atoms with E-state index >= 15 is 0 Å². The molecule has 1 unspecified atom stereocenters. The van der Waals surface area contributed by atoms with Gasteiger partial charge in [0.05, 0.1) is 6.10 Å². The molecule has 0 radical (unpaired) electrons. The standard InChI is InChI=1S/C14H12BrF2NO/c15-9-4-5-12(18)10(7-9)13(19)6-8-2-1-3-11(16)14(8)17/h1-5,7,13,19H,6,18H2. The van der Waals surface area contributed by atoms with Gasteiger partial charge in [-0.05, 0) is 29.8 Å². The third kappa shape index (κ3) is 3.11. The summed E-state index contributed by atoms with van der Waals surface area (Å²) in [6.45, 7) is 0. The van der Waals surface area contributed by atoms with E-state index in [9.17, 15) is 13.9 Å². The summed E-state index contributed by atoms with van der Waals surface area (Å²) in [6.07, 6.45) is -1.03. The molecule has 0 heterocycles. The minimum atomic E-state index is -0.992. The second kappa shape index (κ2) is 5.67. The summed E-state index contributed by atoms with van der Waals surface area (Å²) in [4.78, 5) is 0. The van der Waals surface area contributed by atoms with Crippen molar-refractivity contribution in [2.75, 3.05) is 5.73 Å². The fraction of sp³-hybridized carbons (Fsp3) is 0.143. The summed E-state index contributed by atoms with van der Waals surface area (Å²) in [6, 6.07) is 8.94. The van der Waals surface area contributed by atoms with Gasteiger partial charge in [-0.2, -0.15) is 0 Å². The minimum Gasteiger partial charge on any atom is -0.398 e. The lowest BCUT2D eigenvalue weighted by molar-refractivity contribution is 0.177. The Labute approximate surface area is 118 Å². The fourth-order valence-corrected chi connectivity index (χ4v) is 2.24. The minimum absolute atomic E-state index is 0.0375. The Morgan fingerprint density at radius 1 is 1.21 bits per heavy atom. The van der Waals surface area contributed by atoms with Crippen LogP contribution in [-0.2, 0) is 6.42 Å². The monoisotopic (exact) mass is 327 g/mol. The van der Waals surface area contributed by atoms with Gasteiger partial charge in [-0.3, -0.25) is 0 Å². The van der Waals surface area contributed by atoms with Crippen LogP contribution >= 0.6 is 15.9 Å². The van der Waals surface area contributed by atoms with Gasteiger partial charge in [0, 0.05) is 22.1 Å². The van der Waals surface area contributed by atoms with Crippen molar-refractivity contribution in [1.29, 1.82) is 0 Å². The number of anilines is 1. The van der Waals surface area contributed by atoms with Gasteiger partial charge in [0.1, 0.15) is 0 Å². The highest BCUT2D eigenvalue weighted by Crippen LogP contribution is 2.28. The number of nitrogens with two attached hydrogens (primary N) is 1. The van der Waals surface area contributed by atoms with E-state index in [4.69, 9.17) is 5.73 Å². The number of hydrogen-bond acceptors (Lipinski definition) is 2. The van der Waals surface area contributed by atoms with Gasteiger partial charge in [-0.15, -0.1) is 0 Å². The largest absolute Gasteiger partial charge is 0.398 e. The van der Waals surface area contributed by atoms with Gasteiger partial charge in [0.15, 0.2) is 11.6 Å². The Morgan fingerprint density at radius 2 is 1.95 bits per heavy atom. The quantitative estimate of drug-likeness (QED) is 0.846. The maximum absolute atomic E-state index is 13.5. The van der Waals surface area contributed by atoms with Crippen molar-refractivity contribution in [2.24, 2.45) is 0 Å². The molecule has 0 saturated carbocycles. The van der Waals surface area contributed by atoms with Crippen molar-refractivity contribution in [1.82, 2.24) is 0 Å². The zero-order chi connectivity index (χ0) is 14.0. The molecule has 2 aromatic rings. The zero-order valence-electron chi connectivity index (χ0n) is 9.91. The molecule has 0 spiro atoms. The lowest BCUT2D eigenvalue weighted by Crippen LogP contribution is -2.07. The number of nitrogen functional groups attached to an aromatic ring is 1. The van der Waals surface area contributed by atoms with Crippen LogP contribution in [0, 0.1) is 11.6 Å². The van der Waals surface area contributed by atoms with Crippen LogP contribution in [0.25, 0.3) is 0 Å². The molecule has 5 heteroatoms. The number of benzene rings is 2. The van der Waals surface area contributed by atoms with Crippen LogP contribution in [0.5, 0.6) is 0 Å². The first-order chi connectivity index (χ1) is 8.99. The van der Waals surface area contributed by atoms with Gasteiger partial charge in [0.25, 0.3) is 0 Å². The van der Waals surface area contributed by atoms with Crippen molar-refractivity contribution in [2.45, 2.75) is 12.5 Å². The SMILES string of the molecule is Nc1ccc(Br)cc1C(O)Cc1cccc(F)c1F. The number of aliphatic hydroxyl groups excluding tert-OH is 1. The first-order valence-corrected chi connectivity index (χ1v) is 6.44. The van der Waals surface area contributed by atoms with Crippen molar-refractivity contribution < 1.29 is 13.9 Å². The average molecular weight is 328 g/mol. The van der Waals surface area contributed by atoms with Crippen LogP contribution in [0.3, 0.4) is 0 Å². The van der Waals surface area contributed by atoms with Crippen molar-refractivity contribution >= 4 is 21.6 Å². The predicted octanol–water partition coefficient (Wildman–Crippen LogP) is 3.59. The average Bonchev–Trinajstić information content (AvgIpc) is 2.38. The second-order valence-corrected chi connectivity index (χ2v) is 5.12. The van der Waals surface area contributed by atoms with Crippen molar-refractivity contribution in [3.05, 3.63) is 63.6 Å². The van der Waals surface area contributed by atoms with Crippen LogP contribution in [0.4, 0.5) is 14.5 Å². The third-order valence-corrected chi connectivity index (χ3v) is 3.35. The van der Waals surface area contributed by atoms with E-state index in [0.29, 0.717) is 11.3 Å². The number of aliphatic hydroxyl groups is 1. The number of hydrogen-bond donors (Lipinski definition) is 2. The van der Waals surface area contributed by atoms with Crippen LogP contribution < -0.4 is 5.73 Å². The van der Waals surface area contributed by atoms with Gasteiger partial charge < -0.3 is 10.8 Å². The van der Waals surface area contributed by atoms with Gasteiger partial charge in [-0.1, -0.05) is 28.1 Å². The molecular weight excluding hydrogens is 316 g/mol. The number of rotatable bonds is 3. The molecule has 0 bridgehead atoms. The molecule has 19 heavy (non-hydrogen) atoms. The summed E-state index contributed by atoms with van der Waals surface area (Å²) >= 11 is 3.28. The highest BCUT2D eigenvalue weighted by Gasteiger charge is 2.16. The van der Waals surface area contributed by atoms with E-state index in [-0.39, 0.29) is 12.0 Å². The molecule has 1 atom stereocenters. The smallest absolute Gasteiger partial charge is 0.162 e. The molecule has 0 amide bonds. The summed E-state index contributed by atoms with van der Waals surface area (Å²) in [5, 5.41) is 10.1. The Bertz CT molecular complexity index is 604. The molecule has 2 nitrogen and oxygen atoms in total.